The van der Waals surface area contributed by atoms with E-state index in [0.717, 1.165) is 17.2 Å². The molecule has 170 valence electrons. The third-order valence-corrected chi connectivity index (χ3v) is 6.70. The van der Waals surface area contributed by atoms with Crippen molar-refractivity contribution >= 4 is 21.7 Å². The summed E-state index contributed by atoms with van der Waals surface area (Å²) in [6, 6.07) is 8.60. The first kappa shape index (κ1) is 22.4. The minimum atomic E-state index is -3.58. The van der Waals surface area contributed by atoms with Crippen LogP contribution >= 0.6 is 0 Å². The van der Waals surface area contributed by atoms with Crippen LogP contribution < -0.4 is 10.0 Å². The van der Waals surface area contributed by atoms with Crippen molar-refractivity contribution in [3.05, 3.63) is 48.5 Å². The lowest BCUT2D eigenvalue weighted by Crippen LogP contribution is -2.27. The van der Waals surface area contributed by atoms with E-state index in [9.17, 15) is 8.42 Å². The standard InChI is InChI=1S/C22H28N6O3S/c1-15(2)28-20(14-24-21(28)16-4-5-16)19-10-11-23-22(27-19)26-17-6-8-18(9-7-17)32(29,30)25-12-13-31-3/h6-11,14-16,25H,4-5,12-13H2,1-3H3,(H,23,26,27). The summed E-state index contributed by atoms with van der Waals surface area (Å²) in [7, 11) is -2.05. The molecule has 0 amide bonds. The highest BCUT2D eigenvalue weighted by molar-refractivity contribution is 7.89. The van der Waals surface area contributed by atoms with E-state index in [2.05, 4.69) is 43.4 Å². The number of imidazole rings is 1. The van der Waals surface area contributed by atoms with E-state index in [1.807, 2.05) is 12.3 Å². The molecule has 10 heteroatoms. The molecule has 1 aliphatic carbocycles. The van der Waals surface area contributed by atoms with Gasteiger partial charge in [-0.05, 0) is 57.0 Å². The van der Waals surface area contributed by atoms with Gasteiger partial charge in [0.05, 0.1) is 29.1 Å². The zero-order chi connectivity index (χ0) is 22.7. The molecule has 1 aromatic carbocycles. The van der Waals surface area contributed by atoms with Crippen LogP contribution in [0.25, 0.3) is 11.4 Å². The van der Waals surface area contributed by atoms with Crippen LogP contribution in [-0.4, -0.2) is 48.2 Å². The Labute approximate surface area is 188 Å². The predicted molar refractivity (Wildman–Crippen MR) is 122 cm³/mol. The van der Waals surface area contributed by atoms with Crippen molar-refractivity contribution in [3.8, 4) is 11.4 Å². The number of sulfonamides is 1. The molecule has 4 rings (SSSR count). The van der Waals surface area contributed by atoms with Crippen LogP contribution in [0.3, 0.4) is 0 Å². The van der Waals surface area contributed by atoms with E-state index in [0.29, 0.717) is 24.2 Å². The first-order valence-electron chi connectivity index (χ1n) is 10.7. The zero-order valence-corrected chi connectivity index (χ0v) is 19.3. The number of benzene rings is 1. The van der Waals surface area contributed by atoms with Gasteiger partial charge in [-0.2, -0.15) is 0 Å². The van der Waals surface area contributed by atoms with Crippen molar-refractivity contribution in [1.29, 1.82) is 0 Å². The molecule has 0 unspecified atom stereocenters. The first-order valence-corrected chi connectivity index (χ1v) is 12.1. The summed E-state index contributed by atoms with van der Waals surface area (Å²) < 4.78 is 34.2. The zero-order valence-electron chi connectivity index (χ0n) is 18.4. The second-order valence-corrected chi connectivity index (χ2v) is 9.81. The molecule has 0 bridgehead atoms. The van der Waals surface area contributed by atoms with E-state index in [1.165, 1.54) is 32.1 Å². The summed E-state index contributed by atoms with van der Waals surface area (Å²) >= 11 is 0. The van der Waals surface area contributed by atoms with Gasteiger partial charge < -0.3 is 14.6 Å². The van der Waals surface area contributed by atoms with Gasteiger partial charge in [0.15, 0.2) is 0 Å². The average molecular weight is 457 g/mol. The molecule has 0 saturated heterocycles. The van der Waals surface area contributed by atoms with Gasteiger partial charge in [-0.1, -0.05) is 0 Å². The number of hydrogen-bond donors (Lipinski definition) is 2. The quantitative estimate of drug-likeness (QED) is 0.449. The number of methoxy groups -OCH3 is 1. The molecule has 2 N–H and O–H groups in total. The van der Waals surface area contributed by atoms with Gasteiger partial charge in [0.1, 0.15) is 5.82 Å². The summed E-state index contributed by atoms with van der Waals surface area (Å²) in [5, 5.41) is 3.15. The average Bonchev–Trinajstić information content (AvgIpc) is 3.52. The van der Waals surface area contributed by atoms with Crippen LogP contribution in [0.2, 0.25) is 0 Å². The van der Waals surface area contributed by atoms with Crippen molar-refractivity contribution in [3.63, 3.8) is 0 Å². The summed E-state index contributed by atoms with van der Waals surface area (Å²) in [6.45, 7) is 4.83. The minimum Gasteiger partial charge on any atom is -0.383 e. The van der Waals surface area contributed by atoms with Crippen LogP contribution in [0.4, 0.5) is 11.6 Å². The summed E-state index contributed by atoms with van der Waals surface area (Å²) in [5.74, 6) is 2.10. The maximum absolute atomic E-state index is 12.3. The van der Waals surface area contributed by atoms with E-state index in [4.69, 9.17) is 4.74 Å². The van der Waals surface area contributed by atoms with E-state index in [-0.39, 0.29) is 17.5 Å². The predicted octanol–water partition coefficient (Wildman–Crippen LogP) is 3.47. The highest BCUT2D eigenvalue weighted by Crippen LogP contribution is 2.41. The molecule has 9 nitrogen and oxygen atoms in total. The van der Waals surface area contributed by atoms with E-state index in [1.54, 1.807) is 18.3 Å². The maximum Gasteiger partial charge on any atom is 0.240 e. The molecule has 0 radical (unpaired) electrons. The highest BCUT2D eigenvalue weighted by Gasteiger charge is 2.30. The van der Waals surface area contributed by atoms with Crippen molar-refractivity contribution in [2.24, 2.45) is 0 Å². The smallest absolute Gasteiger partial charge is 0.240 e. The third-order valence-electron chi connectivity index (χ3n) is 5.22. The lowest BCUT2D eigenvalue weighted by atomic mass is 10.2. The lowest BCUT2D eigenvalue weighted by molar-refractivity contribution is 0.204. The van der Waals surface area contributed by atoms with Crippen molar-refractivity contribution < 1.29 is 13.2 Å². The molecule has 3 aromatic rings. The molecule has 0 atom stereocenters. The molecular weight excluding hydrogens is 428 g/mol. The molecule has 1 fully saturated rings. The van der Waals surface area contributed by atoms with Gasteiger partial charge in [0, 0.05) is 37.5 Å². The monoisotopic (exact) mass is 456 g/mol. The minimum absolute atomic E-state index is 0.183. The van der Waals surface area contributed by atoms with Crippen LogP contribution in [0, 0.1) is 0 Å². The Morgan fingerprint density at radius 2 is 1.91 bits per heavy atom. The number of nitrogens with one attached hydrogen (secondary N) is 2. The number of rotatable bonds is 10. The SMILES string of the molecule is COCCNS(=O)(=O)c1ccc(Nc2nccc(-c3cnc(C4CC4)n3C(C)C)n2)cc1. The Balaban J connectivity index is 1.52. The topological polar surface area (TPSA) is 111 Å². The fourth-order valence-electron chi connectivity index (χ4n) is 3.52. The molecule has 2 heterocycles. The van der Waals surface area contributed by atoms with Crippen LogP contribution in [0.15, 0.2) is 47.6 Å². The molecule has 0 spiro atoms. The van der Waals surface area contributed by atoms with Crippen LogP contribution in [-0.2, 0) is 14.8 Å². The number of nitrogens with zero attached hydrogens (tertiary/aromatic N) is 4. The van der Waals surface area contributed by atoms with E-state index >= 15 is 0 Å². The lowest BCUT2D eigenvalue weighted by Gasteiger charge is -2.15. The molecule has 0 aliphatic heterocycles. The van der Waals surface area contributed by atoms with Gasteiger partial charge in [0.2, 0.25) is 16.0 Å². The van der Waals surface area contributed by atoms with Gasteiger partial charge >= 0.3 is 0 Å². The second-order valence-electron chi connectivity index (χ2n) is 8.05. The summed E-state index contributed by atoms with van der Waals surface area (Å²) in [6.07, 6.45) is 5.97. The largest absolute Gasteiger partial charge is 0.383 e. The number of hydrogen-bond acceptors (Lipinski definition) is 7. The molecule has 1 saturated carbocycles. The summed E-state index contributed by atoms with van der Waals surface area (Å²) in [5.41, 5.74) is 2.45. The van der Waals surface area contributed by atoms with Gasteiger partial charge in [-0.3, -0.25) is 0 Å². The normalized spacial score (nSPS) is 14.1. The van der Waals surface area contributed by atoms with E-state index < -0.39 is 10.0 Å². The fraction of sp³-hybridized carbons (Fsp3) is 0.409. The number of anilines is 2. The van der Waals surface area contributed by atoms with Crippen molar-refractivity contribution in [2.45, 2.75) is 43.5 Å². The Morgan fingerprint density at radius 3 is 2.56 bits per heavy atom. The summed E-state index contributed by atoms with van der Waals surface area (Å²) in [4.78, 5) is 13.8. The Bertz CT molecular complexity index is 1170. The maximum atomic E-state index is 12.3. The van der Waals surface area contributed by atoms with Crippen LogP contribution in [0.5, 0.6) is 0 Å². The molecule has 1 aliphatic rings. The second kappa shape index (κ2) is 9.35. The van der Waals surface area contributed by atoms with Crippen molar-refractivity contribution in [2.75, 3.05) is 25.6 Å². The fourth-order valence-corrected chi connectivity index (χ4v) is 4.53. The highest BCUT2D eigenvalue weighted by atomic mass is 32.2. The Hall–Kier alpha value is -2.82. The van der Waals surface area contributed by atoms with Gasteiger partial charge in [-0.15, -0.1) is 0 Å². The van der Waals surface area contributed by atoms with Gasteiger partial charge in [0.25, 0.3) is 0 Å². The van der Waals surface area contributed by atoms with Gasteiger partial charge in [-0.25, -0.2) is 28.1 Å². The Morgan fingerprint density at radius 1 is 1.16 bits per heavy atom. The van der Waals surface area contributed by atoms with Crippen LogP contribution in [0.1, 0.15) is 44.5 Å². The first-order chi connectivity index (χ1) is 15.4. The molecule has 32 heavy (non-hydrogen) atoms. The molecular formula is C22H28N6O3S. The number of aromatic nitrogens is 4. The van der Waals surface area contributed by atoms with Crippen molar-refractivity contribution in [1.82, 2.24) is 24.2 Å². The Kier molecular flexibility index (Phi) is 6.54. The third kappa shape index (κ3) is 4.98. The molecule has 2 aromatic heterocycles. The number of ether oxygens (including phenoxy) is 1.